The van der Waals surface area contributed by atoms with Crippen LogP contribution in [0.2, 0.25) is 0 Å². The van der Waals surface area contributed by atoms with Gasteiger partial charge in [-0.2, -0.15) is 0 Å². The molecule has 1 fully saturated rings. The second-order valence-corrected chi connectivity index (χ2v) is 6.15. The van der Waals surface area contributed by atoms with Gasteiger partial charge in [0.05, 0.1) is 11.1 Å². The van der Waals surface area contributed by atoms with E-state index in [1.807, 2.05) is 12.1 Å². The van der Waals surface area contributed by atoms with Gasteiger partial charge in [-0.05, 0) is 47.9 Å². The van der Waals surface area contributed by atoms with Gasteiger partial charge in [0.2, 0.25) is 0 Å². The highest BCUT2D eigenvalue weighted by molar-refractivity contribution is 9.10. The topological polar surface area (TPSA) is 33.7 Å². The molecule has 0 unspecified atom stereocenters. The maximum absolute atomic E-state index is 6.03. The van der Waals surface area contributed by atoms with Crippen molar-refractivity contribution in [1.29, 1.82) is 0 Å². The molecule has 1 aliphatic rings. The number of para-hydroxylation sites is 1. The molecule has 4 nitrogen and oxygen atoms in total. The van der Waals surface area contributed by atoms with E-state index in [-0.39, 0.29) is 0 Å². The summed E-state index contributed by atoms with van der Waals surface area (Å²) in [6.45, 7) is 6.54. The maximum Gasteiger partial charge on any atom is 0.138 e. The molecule has 2 rings (SSSR count). The smallest absolute Gasteiger partial charge is 0.138 e. The highest BCUT2D eigenvalue weighted by Gasteiger charge is 2.12. The number of nitrogens with one attached hydrogen (secondary N) is 1. The van der Waals surface area contributed by atoms with Crippen LogP contribution >= 0.6 is 15.9 Å². The molecule has 0 spiro atoms. The Hall–Kier alpha value is -0.620. The van der Waals surface area contributed by atoms with E-state index in [4.69, 9.17) is 9.47 Å². The molecular weight excluding hydrogens is 332 g/mol. The van der Waals surface area contributed by atoms with Crippen LogP contribution in [0.25, 0.3) is 0 Å². The van der Waals surface area contributed by atoms with Crippen LogP contribution in [0.3, 0.4) is 0 Å². The van der Waals surface area contributed by atoms with Crippen LogP contribution in [-0.2, 0) is 11.3 Å². The Kier molecular flexibility index (Phi) is 7.50. The zero-order chi connectivity index (χ0) is 14.9. The average molecular weight is 357 g/mol. The minimum atomic E-state index is 0.721. The van der Waals surface area contributed by atoms with Crippen molar-refractivity contribution in [1.82, 2.24) is 10.2 Å². The van der Waals surface area contributed by atoms with E-state index < -0.39 is 0 Å². The maximum atomic E-state index is 6.03. The van der Waals surface area contributed by atoms with Crippen molar-refractivity contribution in [2.45, 2.75) is 19.4 Å². The van der Waals surface area contributed by atoms with Gasteiger partial charge in [-0.1, -0.05) is 12.1 Å². The minimum Gasteiger partial charge on any atom is -0.491 e. The highest BCUT2D eigenvalue weighted by atomic mass is 79.9. The number of benzene rings is 1. The Balaban J connectivity index is 1.83. The molecule has 1 saturated heterocycles. The third kappa shape index (κ3) is 5.58. The SMILES string of the molecule is COCCNCc1cccc(Br)c1OCCN1CCCC1. The van der Waals surface area contributed by atoms with Gasteiger partial charge in [-0.15, -0.1) is 0 Å². The summed E-state index contributed by atoms with van der Waals surface area (Å²) in [5.41, 5.74) is 1.18. The Morgan fingerprint density at radius 3 is 2.81 bits per heavy atom. The number of hydrogen-bond acceptors (Lipinski definition) is 4. The van der Waals surface area contributed by atoms with Gasteiger partial charge >= 0.3 is 0 Å². The molecule has 1 aromatic carbocycles. The van der Waals surface area contributed by atoms with Gasteiger partial charge < -0.3 is 14.8 Å². The number of hydrogen-bond donors (Lipinski definition) is 1. The number of likely N-dealkylation sites (tertiary alicyclic amines) is 1. The van der Waals surface area contributed by atoms with Crippen molar-refractivity contribution < 1.29 is 9.47 Å². The average Bonchev–Trinajstić information content (AvgIpc) is 2.99. The monoisotopic (exact) mass is 356 g/mol. The van der Waals surface area contributed by atoms with Gasteiger partial charge in [0, 0.05) is 32.3 Å². The highest BCUT2D eigenvalue weighted by Crippen LogP contribution is 2.29. The number of methoxy groups -OCH3 is 1. The van der Waals surface area contributed by atoms with Gasteiger partial charge in [0.15, 0.2) is 0 Å². The standard InChI is InChI=1S/C16H25BrN2O2/c1-20-11-7-18-13-14-5-4-6-15(17)16(14)21-12-10-19-8-2-3-9-19/h4-6,18H,2-3,7-13H2,1H3. The summed E-state index contributed by atoms with van der Waals surface area (Å²) < 4.78 is 12.1. The summed E-state index contributed by atoms with van der Waals surface area (Å²) in [5.74, 6) is 0.960. The van der Waals surface area contributed by atoms with Crippen LogP contribution in [0.5, 0.6) is 5.75 Å². The molecule has 0 saturated carbocycles. The van der Waals surface area contributed by atoms with Gasteiger partial charge in [0.25, 0.3) is 0 Å². The summed E-state index contributed by atoms with van der Waals surface area (Å²) in [5, 5.41) is 3.37. The van der Waals surface area contributed by atoms with E-state index in [0.717, 1.165) is 43.1 Å². The summed E-state index contributed by atoms with van der Waals surface area (Å²) >= 11 is 3.59. The van der Waals surface area contributed by atoms with E-state index in [1.54, 1.807) is 7.11 Å². The molecule has 21 heavy (non-hydrogen) atoms. The molecule has 1 N–H and O–H groups in total. The fraction of sp³-hybridized carbons (Fsp3) is 0.625. The van der Waals surface area contributed by atoms with E-state index in [9.17, 15) is 0 Å². The molecule has 118 valence electrons. The molecule has 1 aliphatic heterocycles. The molecule has 0 aromatic heterocycles. The summed E-state index contributed by atoms with van der Waals surface area (Å²) in [6, 6.07) is 6.18. The zero-order valence-corrected chi connectivity index (χ0v) is 14.3. The number of nitrogens with zero attached hydrogens (tertiary/aromatic N) is 1. The molecular formula is C16H25BrN2O2. The number of ether oxygens (including phenoxy) is 2. The van der Waals surface area contributed by atoms with Crippen LogP contribution in [0.4, 0.5) is 0 Å². The molecule has 0 aliphatic carbocycles. The summed E-state index contributed by atoms with van der Waals surface area (Å²) in [7, 11) is 1.72. The van der Waals surface area contributed by atoms with Crippen LogP contribution < -0.4 is 10.1 Å². The first-order valence-electron chi connectivity index (χ1n) is 7.63. The lowest BCUT2D eigenvalue weighted by Crippen LogP contribution is -2.25. The normalized spacial score (nSPS) is 15.5. The fourth-order valence-electron chi connectivity index (χ4n) is 2.53. The Bertz CT molecular complexity index is 423. The molecule has 1 aromatic rings. The van der Waals surface area contributed by atoms with E-state index >= 15 is 0 Å². The Morgan fingerprint density at radius 2 is 2.05 bits per heavy atom. The van der Waals surface area contributed by atoms with Gasteiger partial charge in [-0.3, -0.25) is 4.90 Å². The minimum absolute atomic E-state index is 0.721. The lowest BCUT2D eigenvalue weighted by molar-refractivity contribution is 0.198. The summed E-state index contributed by atoms with van der Waals surface area (Å²) in [4.78, 5) is 2.47. The molecule has 0 amide bonds. The third-order valence-electron chi connectivity index (χ3n) is 3.70. The zero-order valence-electron chi connectivity index (χ0n) is 12.7. The lowest BCUT2D eigenvalue weighted by atomic mass is 10.2. The third-order valence-corrected chi connectivity index (χ3v) is 4.32. The summed E-state index contributed by atoms with van der Waals surface area (Å²) in [6.07, 6.45) is 2.65. The molecule has 5 heteroatoms. The van der Waals surface area contributed by atoms with Crippen molar-refractivity contribution in [2.75, 3.05) is 46.5 Å². The van der Waals surface area contributed by atoms with Crippen molar-refractivity contribution in [3.05, 3.63) is 28.2 Å². The Labute approximate surface area is 135 Å². The van der Waals surface area contributed by atoms with E-state index in [0.29, 0.717) is 0 Å². The lowest BCUT2D eigenvalue weighted by Gasteiger charge is -2.17. The van der Waals surface area contributed by atoms with Crippen LogP contribution in [0.1, 0.15) is 18.4 Å². The molecule has 0 radical (unpaired) electrons. The second-order valence-electron chi connectivity index (χ2n) is 5.29. The van der Waals surface area contributed by atoms with E-state index in [1.165, 1.54) is 31.5 Å². The molecule has 1 heterocycles. The van der Waals surface area contributed by atoms with Gasteiger partial charge in [0.1, 0.15) is 12.4 Å². The Morgan fingerprint density at radius 1 is 1.24 bits per heavy atom. The first kappa shape index (κ1) is 16.7. The predicted octanol–water partition coefficient (Wildman–Crippen LogP) is 2.66. The van der Waals surface area contributed by atoms with Crippen molar-refractivity contribution in [3.8, 4) is 5.75 Å². The van der Waals surface area contributed by atoms with Crippen molar-refractivity contribution in [2.24, 2.45) is 0 Å². The quantitative estimate of drug-likeness (QED) is 0.689. The van der Waals surface area contributed by atoms with Crippen molar-refractivity contribution >= 4 is 15.9 Å². The molecule has 0 bridgehead atoms. The predicted molar refractivity (Wildman–Crippen MR) is 88.9 cm³/mol. The van der Waals surface area contributed by atoms with Gasteiger partial charge in [-0.25, -0.2) is 0 Å². The first-order chi connectivity index (χ1) is 10.3. The first-order valence-corrected chi connectivity index (χ1v) is 8.43. The largest absolute Gasteiger partial charge is 0.491 e. The van der Waals surface area contributed by atoms with E-state index in [2.05, 4.69) is 32.2 Å². The van der Waals surface area contributed by atoms with Crippen molar-refractivity contribution in [3.63, 3.8) is 0 Å². The molecule has 0 atom stereocenters. The fourth-order valence-corrected chi connectivity index (χ4v) is 3.06. The second kappa shape index (κ2) is 9.41. The van der Waals surface area contributed by atoms with Crippen LogP contribution in [-0.4, -0.2) is 51.4 Å². The number of halogens is 1. The van der Waals surface area contributed by atoms with Crippen LogP contribution in [0, 0.1) is 0 Å². The number of rotatable bonds is 9. The van der Waals surface area contributed by atoms with Crippen LogP contribution in [0.15, 0.2) is 22.7 Å².